The molecule has 1 amide bonds. The third-order valence-electron chi connectivity index (χ3n) is 5.12. The van der Waals surface area contributed by atoms with E-state index in [0.29, 0.717) is 19.6 Å². The van der Waals surface area contributed by atoms with Crippen molar-refractivity contribution < 1.29 is 14.3 Å². The molecular formula is C23H24ClN3O3S. The average molecular weight is 458 g/mol. The highest BCUT2D eigenvalue weighted by Crippen LogP contribution is 2.33. The number of carbonyl (C=O) groups excluding carboxylic acids is 1. The molecular weight excluding hydrogens is 434 g/mol. The number of amides is 1. The van der Waals surface area contributed by atoms with Gasteiger partial charge >= 0.3 is 0 Å². The number of hydrogen-bond acceptors (Lipinski definition) is 5. The molecule has 0 saturated carbocycles. The zero-order valence-corrected chi connectivity index (χ0v) is 18.5. The lowest BCUT2D eigenvalue weighted by Crippen LogP contribution is -2.37. The molecule has 1 N–H and O–H groups in total. The lowest BCUT2D eigenvalue weighted by molar-refractivity contribution is -0.180. The van der Waals surface area contributed by atoms with Crippen molar-refractivity contribution in [1.29, 1.82) is 0 Å². The van der Waals surface area contributed by atoms with Crippen molar-refractivity contribution in [2.24, 2.45) is 0 Å². The summed E-state index contributed by atoms with van der Waals surface area (Å²) in [5, 5.41) is 3.38. The molecule has 2 aromatic carbocycles. The van der Waals surface area contributed by atoms with E-state index < -0.39 is 5.79 Å². The summed E-state index contributed by atoms with van der Waals surface area (Å²) in [6.45, 7) is 1.14. The fourth-order valence-electron chi connectivity index (χ4n) is 3.54. The summed E-state index contributed by atoms with van der Waals surface area (Å²) in [5.41, 5.74) is 1.98. The molecule has 2 heterocycles. The Morgan fingerprint density at radius 3 is 2.74 bits per heavy atom. The van der Waals surface area contributed by atoms with Crippen molar-refractivity contribution in [1.82, 2.24) is 9.55 Å². The van der Waals surface area contributed by atoms with E-state index in [0.717, 1.165) is 34.2 Å². The molecule has 2 unspecified atom stereocenters. The number of thioether (sulfide) groups is 1. The number of nitrogens with one attached hydrogen (secondary N) is 1. The molecule has 1 aliphatic heterocycles. The molecule has 0 bridgehead atoms. The van der Waals surface area contributed by atoms with Gasteiger partial charge in [-0.3, -0.25) is 4.79 Å². The summed E-state index contributed by atoms with van der Waals surface area (Å²) in [6.07, 6.45) is 7.71. The van der Waals surface area contributed by atoms with Crippen LogP contribution >= 0.6 is 23.4 Å². The van der Waals surface area contributed by atoms with Crippen LogP contribution in [-0.4, -0.2) is 40.2 Å². The smallest absolute Gasteiger partial charge is 0.211 e. The Bertz CT molecular complexity index is 967. The first-order valence-corrected chi connectivity index (χ1v) is 11.5. The highest BCUT2D eigenvalue weighted by molar-refractivity contribution is 7.99. The normalized spacial score (nSPS) is 20.6. The van der Waals surface area contributed by atoms with Gasteiger partial charge in [-0.05, 0) is 48.4 Å². The molecule has 1 fully saturated rings. The number of hydrogen-bond donors (Lipinski definition) is 1. The number of aromatic nitrogens is 2. The summed E-state index contributed by atoms with van der Waals surface area (Å²) in [7, 11) is 0. The SMILES string of the molecule is O=CNc1ccc(SCC2COC(CCc3ccc(Cl)cc3)(Cn3ccnc3)O2)cc1. The molecule has 31 heavy (non-hydrogen) atoms. The Morgan fingerprint density at radius 2 is 2.03 bits per heavy atom. The van der Waals surface area contributed by atoms with Crippen LogP contribution in [0.4, 0.5) is 5.69 Å². The van der Waals surface area contributed by atoms with Gasteiger partial charge in [0, 0.05) is 40.2 Å². The second kappa shape index (κ2) is 10.3. The van der Waals surface area contributed by atoms with E-state index in [1.807, 2.05) is 59.3 Å². The van der Waals surface area contributed by atoms with Gasteiger partial charge in [-0.1, -0.05) is 23.7 Å². The van der Waals surface area contributed by atoms with Crippen molar-refractivity contribution in [3.05, 3.63) is 77.8 Å². The van der Waals surface area contributed by atoms with Crippen LogP contribution in [0.2, 0.25) is 5.02 Å². The van der Waals surface area contributed by atoms with Crippen molar-refractivity contribution in [2.75, 3.05) is 17.7 Å². The number of aryl methyl sites for hydroxylation is 1. The Morgan fingerprint density at radius 1 is 1.23 bits per heavy atom. The van der Waals surface area contributed by atoms with Crippen molar-refractivity contribution in [2.45, 2.75) is 36.2 Å². The summed E-state index contributed by atoms with van der Waals surface area (Å²) >= 11 is 7.72. The van der Waals surface area contributed by atoms with Crippen LogP contribution in [0.15, 0.2) is 72.1 Å². The van der Waals surface area contributed by atoms with Gasteiger partial charge in [0.1, 0.15) is 0 Å². The summed E-state index contributed by atoms with van der Waals surface area (Å²) < 4.78 is 14.7. The molecule has 1 aliphatic rings. The number of benzene rings is 2. The molecule has 1 saturated heterocycles. The highest BCUT2D eigenvalue weighted by Gasteiger charge is 2.41. The maximum Gasteiger partial charge on any atom is 0.211 e. The number of anilines is 1. The molecule has 0 radical (unpaired) electrons. The molecule has 3 aromatic rings. The van der Waals surface area contributed by atoms with Gasteiger partial charge in [-0.2, -0.15) is 0 Å². The fraction of sp³-hybridized carbons (Fsp3) is 0.304. The summed E-state index contributed by atoms with van der Waals surface area (Å²) in [4.78, 5) is 15.8. The second-order valence-corrected chi connectivity index (χ2v) is 8.95. The standard InChI is InChI=1S/C23H24ClN3O3S/c24-19-3-1-18(2-4-19)9-10-23(15-27-12-11-25-16-27)29-13-21(30-23)14-31-22-7-5-20(6-8-22)26-17-28/h1-8,11-12,16-17,21H,9-10,13-15H2,(H,26,28). The zero-order valence-electron chi connectivity index (χ0n) is 16.9. The van der Waals surface area contributed by atoms with Gasteiger partial charge < -0.3 is 19.4 Å². The minimum absolute atomic E-state index is 0.00786. The van der Waals surface area contributed by atoms with Crippen molar-refractivity contribution in [3.63, 3.8) is 0 Å². The molecule has 0 spiro atoms. The molecule has 1 aromatic heterocycles. The second-order valence-electron chi connectivity index (χ2n) is 7.42. The molecule has 4 rings (SSSR count). The van der Waals surface area contributed by atoms with Crippen LogP contribution in [0.3, 0.4) is 0 Å². The Hall–Kier alpha value is -2.32. The van der Waals surface area contributed by atoms with Crippen LogP contribution in [0.1, 0.15) is 12.0 Å². The maximum atomic E-state index is 10.5. The Labute approximate surface area is 190 Å². The van der Waals surface area contributed by atoms with Gasteiger partial charge in [-0.25, -0.2) is 4.98 Å². The highest BCUT2D eigenvalue weighted by atomic mass is 35.5. The molecule has 2 atom stereocenters. The number of halogens is 1. The minimum Gasteiger partial charge on any atom is -0.345 e. The van der Waals surface area contributed by atoms with E-state index in [1.165, 1.54) is 5.56 Å². The van der Waals surface area contributed by atoms with Gasteiger partial charge in [0.25, 0.3) is 0 Å². The molecule has 6 nitrogen and oxygen atoms in total. The van der Waals surface area contributed by atoms with Crippen LogP contribution in [-0.2, 0) is 27.2 Å². The number of imidazole rings is 1. The van der Waals surface area contributed by atoms with Crippen LogP contribution in [0.25, 0.3) is 0 Å². The van der Waals surface area contributed by atoms with Crippen molar-refractivity contribution >= 4 is 35.5 Å². The Balaban J connectivity index is 1.37. The fourth-order valence-corrected chi connectivity index (χ4v) is 4.54. The van der Waals surface area contributed by atoms with Crippen LogP contribution in [0.5, 0.6) is 0 Å². The van der Waals surface area contributed by atoms with E-state index in [2.05, 4.69) is 10.3 Å². The van der Waals surface area contributed by atoms with E-state index in [4.69, 9.17) is 21.1 Å². The number of carbonyl (C=O) groups is 1. The molecule has 0 aliphatic carbocycles. The lowest BCUT2D eigenvalue weighted by Gasteiger charge is -2.28. The van der Waals surface area contributed by atoms with Crippen molar-refractivity contribution in [3.8, 4) is 0 Å². The largest absolute Gasteiger partial charge is 0.345 e. The molecule has 162 valence electrons. The summed E-state index contributed by atoms with van der Waals surface area (Å²) in [6, 6.07) is 15.7. The lowest BCUT2D eigenvalue weighted by atomic mass is 10.0. The summed E-state index contributed by atoms with van der Waals surface area (Å²) in [5.74, 6) is 0.0936. The van der Waals surface area contributed by atoms with Gasteiger partial charge in [0.15, 0.2) is 5.79 Å². The third kappa shape index (κ3) is 6.11. The van der Waals surface area contributed by atoms with E-state index in [-0.39, 0.29) is 6.10 Å². The predicted octanol–water partition coefficient (Wildman–Crippen LogP) is 4.64. The first-order chi connectivity index (χ1) is 15.1. The monoisotopic (exact) mass is 457 g/mol. The van der Waals surface area contributed by atoms with Crippen LogP contribution < -0.4 is 5.32 Å². The first kappa shape index (κ1) is 21.9. The van der Waals surface area contributed by atoms with Gasteiger partial charge in [0.2, 0.25) is 6.41 Å². The topological polar surface area (TPSA) is 65.4 Å². The Kier molecular flexibility index (Phi) is 7.29. The minimum atomic E-state index is -0.691. The number of rotatable bonds is 10. The average Bonchev–Trinajstić information content (AvgIpc) is 3.44. The quantitative estimate of drug-likeness (QED) is 0.355. The van der Waals surface area contributed by atoms with Crippen LogP contribution in [0, 0.1) is 0 Å². The van der Waals surface area contributed by atoms with E-state index in [1.54, 1.807) is 24.3 Å². The zero-order chi connectivity index (χ0) is 21.5. The van der Waals surface area contributed by atoms with E-state index >= 15 is 0 Å². The predicted molar refractivity (Wildman–Crippen MR) is 122 cm³/mol. The van der Waals surface area contributed by atoms with E-state index in [9.17, 15) is 4.79 Å². The molecule has 8 heteroatoms. The number of nitrogens with zero attached hydrogens (tertiary/aromatic N) is 2. The maximum absolute atomic E-state index is 10.5. The number of ether oxygens (including phenoxy) is 2. The first-order valence-electron chi connectivity index (χ1n) is 10.1. The van der Waals surface area contributed by atoms with Gasteiger partial charge in [0.05, 0.1) is 25.6 Å². The third-order valence-corrected chi connectivity index (χ3v) is 6.52. The van der Waals surface area contributed by atoms with Gasteiger partial charge in [-0.15, -0.1) is 11.8 Å².